The second-order valence-corrected chi connectivity index (χ2v) is 15.8. The van der Waals surface area contributed by atoms with Crippen molar-refractivity contribution in [1.29, 1.82) is 0 Å². The molecule has 0 aliphatic rings. The third-order valence-electron chi connectivity index (χ3n) is 8.11. The minimum absolute atomic E-state index is 0. The average molecular weight is 956 g/mol. The number of anilines is 6. The number of aromatic nitrogens is 3. The van der Waals surface area contributed by atoms with E-state index in [1.807, 2.05) is 120 Å². The highest BCUT2D eigenvalue weighted by atomic mass is 16.6. The van der Waals surface area contributed by atoms with E-state index in [1.54, 1.807) is 48.5 Å². The molecule has 9 N–H and O–H groups in total. The van der Waals surface area contributed by atoms with Crippen LogP contribution >= 0.6 is 0 Å². The molecular formula is C49H61N15O6. The van der Waals surface area contributed by atoms with Gasteiger partial charge in [-0.25, -0.2) is 29.3 Å². The van der Waals surface area contributed by atoms with Gasteiger partial charge >= 0.3 is 18.3 Å². The highest BCUT2D eigenvalue weighted by Crippen LogP contribution is 2.28. The van der Waals surface area contributed by atoms with Crippen LogP contribution in [0.25, 0.3) is 0 Å². The molecule has 0 saturated heterocycles. The van der Waals surface area contributed by atoms with Crippen molar-refractivity contribution in [3.8, 4) is 0 Å². The number of nitrogens with two attached hydrogens (primary N) is 3. The van der Waals surface area contributed by atoms with E-state index >= 15 is 0 Å². The number of pyridine rings is 3. The van der Waals surface area contributed by atoms with Crippen molar-refractivity contribution in [1.82, 2.24) is 15.0 Å². The van der Waals surface area contributed by atoms with Crippen molar-refractivity contribution in [2.75, 3.05) is 53.0 Å². The van der Waals surface area contributed by atoms with Gasteiger partial charge in [-0.05, 0) is 90.6 Å². The van der Waals surface area contributed by atoms with Gasteiger partial charge in [-0.1, -0.05) is 104 Å². The Morgan fingerprint density at radius 3 is 1.17 bits per heavy atom. The summed E-state index contributed by atoms with van der Waals surface area (Å²) in [6.07, 6.45) is -1.88. The van der Waals surface area contributed by atoms with Gasteiger partial charge in [0.05, 0.1) is 36.9 Å². The number of amides is 3. The molecule has 0 bridgehead atoms. The van der Waals surface area contributed by atoms with E-state index in [0.29, 0.717) is 46.7 Å². The van der Waals surface area contributed by atoms with Crippen LogP contribution in [-0.4, -0.2) is 53.1 Å². The van der Waals surface area contributed by atoms with E-state index in [0.717, 1.165) is 5.69 Å². The molecular weight excluding hydrogens is 895 g/mol. The molecule has 0 atom stereocenters. The first-order chi connectivity index (χ1) is 33.1. The number of rotatable bonds is 15. The fourth-order valence-electron chi connectivity index (χ4n) is 4.84. The van der Waals surface area contributed by atoms with E-state index in [9.17, 15) is 14.4 Å². The van der Waals surface area contributed by atoms with Gasteiger partial charge < -0.3 is 31.4 Å². The summed E-state index contributed by atoms with van der Waals surface area (Å²) in [6, 6.07) is 37.5. The van der Waals surface area contributed by atoms with Crippen molar-refractivity contribution in [3.63, 3.8) is 0 Å². The summed E-state index contributed by atoms with van der Waals surface area (Å²) in [4.78, 5) is 47.8. The molecule has 0 aliphatic carbocycles. The molecule has 0 fully saturated rings. The lowest BCUT2D eigenvalue weighted by atomic mass is 10.2. The summed E-state index contributed by atoms with van der Waals surface area (Å²) in [5, 5.41) is 32.0. The van der Waals surface area contributed by atoms with E-state index in [1.165, 1.54) is 0 Å². The summed E-state index contributed by atoms with van der Waals surface area (Å²) >= 11 is 0. The SMILES string of the molecule is C.CC(C)COC(=O)Nc1ccc(N=Nc2ccccc2)c(N)n1.CC(C)COC(=O)Nc1ccc(N=Nc2ccccc2)c(NC(=O)OCC(C)C)n1.Nc1ccc(N=Nc2ccccc2)c(N)n1. The smallest absolute Gasteiger partial charge is 0.412 e. The molecule has 3 aromatic heterocycles. The Morgan fingerprint density at radius 1 is 0.443 bits per heavy atom. The molecule has 3 amide bonds. The van der Waals surface area contributed by atoms with Crippen LogP contribution in [0.3, 0.4) is 0 Å². The maximum atomic E-state index is 12.1. The molecule has 3 aromatic carbocycles. The predicted molar refractivity (Wildman–Crippen MR) is 274 cm³/mol. The summed E-state index contributed by atoms with van der Waals surface area (Å²) in [7, 11) is 0. The summed E-state index contributed by atoms with van der Waals surface area (Å²) < 4.78 is 15.2. The Morgan fingerprint density at radius 2 is 0.786 bits per heavy atom. The van der Waals surface area contributed by atoms with E-state index < -0.39 is 18.3 Å². The average Bonchev–Trinajstić information content (AvgIpc) is 3.33. The number of nitrogen functional groups attached to an aromatic ring is 3. The van der Waals surface area contributed by atoms with Crippen LogP contribution in [-0.2, 0) is 14.2 Å². The molecule has 21 nitrogen and oxygen atoms in total. The largest absolute Gasteiger partial charge is 0.449 e. The number of carbonyl (C=O) groups excluding carboxylic acids is 3. The summed E-state index contributed by atoms with van der Waals surface area (Å²) in [5.41, 5.74) is 20.3. The van der Waals surface area contributed by atoms with E-state index in [-0.39, 0.29) is 61.7 Å². The number of nitrogens with zero attached hydrogens (tertiary/aromatic N) is 9. The first-order valence-corrected chi connectivity index (χ1v) is 21.6. The number of hydrogen-bond acceptors (Lipinski definition) is 18. The van der Waals surface area contributed by atoms with Gasteiger partial charge in [0.1, 0.15) is 34.5 Å². The molecule has 0 radical (unpaired) electrons. The number of ether oxygens (including phenoxy) is 3. The number of azo groups is 3. The topological polar surface area (TPSA) is 306 Å². The van der Waals surface area contributed by atoms with E-state index in [4.69, 9.17) is 31.4 Å². The maximum absolute atomic E-state index is 12.1. The fraction of sp³-hybridized carbons (Fsp3) is 0.265. The Bertz CT molecular complexity index is 2630. The number of carbonyl (C=O) groups is 3. The molecule has 3 heterocycles. The van der Waals surface area contributed by atoms with Gasteiger partial charge in [0.2, 0.25) is 0 Å². The first kappa shape index (κ1) is 55.4. The molecule has 0 saturated carbocycles. The van der Waals surface area contributed by atoms with Crippen LogP contribution in [0.1, 0.15) is 49.0 Å². The van der Waals surface area contributed by atoms with Crippen LogP contribution in [0.2, 0.25) is 0 Å². The van der Waals surface area contributed by atoms with Crippen molar-refractivity contribution in [2.24, 2.45) is 48.4 Å². The zero-order valence-corrected chi connectivity index (χ0v) is 39.2. The Kier molecular flexibility index (Phi) is 23.5. The molecule has 0 aliphatic heterocycles. The van der Waals surface area contributed by atoms with Gasteiger partial charge in [0.15, 0.2) is 17.5 Å². The van der Waals surface area contributed by atoms with Gasteiger partial charge in [0.25, 0.3) is 0 Å². The standard InChI is InChI=1S/C21H27N5O4.C16H19N5O2.C11H11N5.CH4/c1-14(2)12-29-20(27)23-18-11-10-17(26-25-16-8-6-5-7-9-16)19(22-18)24-21(28)30-13-15(3)4;1-11(2)10-23-16(22)19-14-9-8-13(15(17)18-14)21-20-12-6-4-3-5-7-12;12-10-7-6-9(11(13)14-10)16-15-8-4-2-1-3-5-8;/h5-11,14-15H,12-13H2,1-4H3,(H2,22,23,24,27,28);3-9,11H,10H2,1-2H3,(H3,17,18,19,22);1-7H,(H4,12,13,14);1H4. The molecule has 70 heavy (non-hydrogen) atoms. The monoisotopic (exact) mass is 955 g/mol. The summed E-state index contributed by atoms with van der Waals surface area (Å²) in [5.74, 6) is 2.07. The lowest BCUT2D eigenvalue weighted by molar-refractivity contribution is 0.147. The minimum Gasteiger partial charge on any atom is -0.449 e. The van der Waals surface area contributed by atoms with Crippen LogP contribution in [0.4, 0.5) is 83.4 Å². The molecule has 0 unspecified atom stereocenters. The van der Waals surface area contributed by atoms with Crippen molar-refractivity contribution in [3.05, 3.63) is 127 Å². The molecule has 6 rings (SSSR count). The maximum Gasteiger partial charge on any atom is 0.412 e. The van der Waals surface area contributed by atoms with Gasteiger partial charge in [-0.15, -0.1) is 15.3 Å². The van der Waals surface area contributed by atoms with Gasteiger partial charge in [-0.2, -0.15) is 15.3 Å². The second-order valence-electron chi connectivity index (χ2n) is 15.8. The van der Waals surface area contributed by atoms with Crippen LogP contribution in [0.15, 0.2) is 158 Å². The normalized spacial score (nSPS) is 10.8. The van der Waals surface area contributed by atoms with Crippen molar-refractivity contribution in [2.45, 2.75) is 49.0 Å². The fourth-order valence-corrected chi connectivity index (χ4v) is 4.84. The lowest BCUT2D eigenvalue weighted by Gasteiger charge is -2.12. The highest BCUT2D eigenvalue weighted by molar-refractivity contribution is 5.89. The van der Waals surface area contributed by atoms with Crippen molar-refractivity contribution < 1.29 is 28.6 Å². The zero-order valence-electron chi connectivity index (χ0n) is 39.2. The first-order valence-electron chi connectivity index (χ1n) is 21.6. The van der Waals surface area contributed by atoms with Gasteiger partial charge in [0, 0.05) is 0 Å². The van der Waals surface area contributed by atoms with Crippen LogP contribution < -0.4 is 33.2 Å². The second kappa shape index (κ2) is 29.7. The number of hydrogen-bond donors (Lipinski definition) is 6. The Balaban J connectivity index is 0.000000288. The third-order valence-corrected chi connectivity index (χ3v) is 8.11. The van der Waals surface area contributed by atoms with Gasteiger partial charge in [-0.3, -0.25) is 16.0 Å². The van der Waals surface area contributed by atoms with Crippen molar-refractivity contribution >= 4 is 87.3 Å². The van der Waals surface area contributed by atoms with Crippen LogP contribution in [0, 0.1) is 17.8 Å². The molecule has 21 heteroatoms. The van der Waals surface area contributed by atoms with Crippen LogP contribution in [0.5, 0.6) is 0 Å². The Labute approximate surface area is 407 Å². The quantitative estimate of drug-likeness (QED) is 0.0413. The third kappa shape index (κ3) is 21.6. The molecule has 0 spiro atoms. The molecule has 368 valence electrons. The number of benzene rings is 3. The number of nitrogens with one attached hydrogen (secondary N) is 3. The highest BCUT2D eigenvalue weighted by Gasteiger charge is 2.14. The lowest BCUT2D eigenvalue weighted by Crippen LogP contribution is -2.19. The predicted octanol–water partition coefficient (Wildman–Crippen LogP) is 13.5. The minimum atomic E-state index is -0.674. The van der Waals surface area contributed by atoms with E-state index in [2.05, 4.69) is 61.6 Å². The molecule has 6 aromatic rings. The zero-order chi connectivity index (χ0) is 50.0. The Hall–Kier alpha value is -8.88. The summed E-state index contributed by atoms with van der Waals surface area (Å²) in [6.45, 7) is 12.5.